The predicted molar refractivity (Wildman–Crippen MR) is 123 cm³/mol. The van der Waals surface area contributed by atoms with Gasteiger partial charge in [0.1, 0.15) is 11.9 Å². The lowest BCUT2D eigenvalue weighted by molar-refractivity contribution is 0.146. The van der Waals surface area contributed by atoms with Crippen molar-refractivity contribution in [3.8, 4) is 5.75 Å². The van der Waals surface area contributed by atoms with Crippen molar-refractivity contribution in [2.45, 2.75) is 45.8 Å². The van der Waals surface area contributed by atoms with Gasteiger partial charge in [-0.15, -0.1) is 24.0 Å². The molecule has 0 aliphatic heterocycles. The molecule has 0 bridgehead atoms. The number of carbonyl (C=O) groups excluding carboxylic acids is 1. The number of hydrogen-bond donors (Lipinski definition) is 3. The summed E-state index contributed by atoms with van der Waals surface area (Å²) in [6.07, 6.45) is 1.89. The van der Waals surface area contributed by atoms with Crippen LogP contribution in [0.3, 0.4) is 0 Å². The Morgan fingerprint density at radius 2 is 2.00 bits per heavy atom. The number of amides is 1. The van der Waals surface area contributed by atoms with Crippen molar-refractivity contribution in [3.05, 3.63) is 29.8 Å². The second-order valence-electron chi connectivity index (χ2n) is 6.89. The number of carbonyl (C=O) groups is 1. The number of alkyl carbamates (subject to hydrolysis) is 1. The molecule has 1 fully saturated rings. The van der Waals surface area contributed by atoms with Gasteiger partial charge in [0, 0.05) is 13.6 Å². The van der Waals surface area contributed by atoms with Gasteiger partial charge < -0.3 is 25.4 Å². The first kappa shape index (κ1) is 24.3. The first-order valence-electron chi connectivity index (χ1n) is 9.63. The Labute approximate surface area is 185 Å². The smallest absolute Gasteiger partial charge is 0.407 e. The van der Waals surface area contributed by atoms with Gasteiger partial charge in [-0.3, -0.25) is 4.99 Å². The fourth-order valence-electron chi connectivity index (χ4n) is 2.79. The molecule has 2 atom stereocenters. The topological polar surface area (TPSA) is 84.0 Å². The summed E-state index contributed by atoms with van der Waals surface area (Å²) in [5.74, 6) is 2.05. The van der Waals surface area contributed by atoms with Crippen molar-refractivity contribution < 1.29 is 14.3 Å². The van der Waals surface area contributed by atoms with Gasteiger partial charge in [-0.25, -0.2) is 4.79 Å². The first-order chi connectivity index (χ1) is 13.0. The minimum Gasteiger partial charge on any atom is -0.489 e. The molecule has 0 spiro atoms. The van der Waals surface area contributed by atoms with E-state index in [0.717, 1.165) is 18.6 Å². The largest absolute Gasteiger partial charge is 0.489 e. The summed E-state index contributed by atoms with van der Waals surface area (Å²) < 4.78 is 10.9. The normalized spacial score (nSPS) is 15.6. The van der Waals surface area contributed by atoms with Crippen LogP contribution in [0.15, 0.2) is 29.3 Å². The number of ether oxygens (including phenoxy) is 2. The fourth-order valence-corrected chi connectivity index (χ4v) is 2.79. The number of guanidine groups is 1. The number of aryl methyl sites for hydroxylation is 1. The molecule has 1 aromatic carbocycles. The number of benzene rings is 1. The molecule has 7 nitrogen and oxygen atoms in total. The Kier molecular flexibility index (Phi) is 11.0. The highest BCUT2D eigenvalue weighted by molar-refractivity contribution is 14.0. The predicted octanol–water partition coefficient (Wildman–Crippen LogP) is 3.07. The van der Waals surface area contributed by atoms with Gasteiger partial charge in [-0.2, -0.15) is 0 Å². The summed E-state index contributed by atoms with van der Waals surface area (Å²) >= 11 is 0. The number of nitrogens with zero attached hydrogens (tertiary/aromatic N) is 1. The van der Waals surface area contributed by atoms with Gasteiger partial charge in [-0.1, -0.05) is 12.1 Å². The number of nitrogens with one attached hydrogen (secondary N) is 3. The van der Waals surface area contributed by atoms with E-state index in [1.807, 2.05) is 38.1 Å². The molecule has 8 heteroatoms. The van der Waals surface area contributed by atoms with Crippen LogP contribution in [-0.4, -0.2) is 50.9 Å². The van der Waals surface area contributed by atoms with Crippen LogP contribution in [0.1, 0.15) is 32.3 Å². The zero-order chi connectivity index (χ0) is 19.6. The molecule has 3 N–H and O–H groups in total. The monoisotopic (exact) mass is 504 g/mol. The van der Waals surface area contributed by atoms with Crippen molar-refractivity contribution in [2.24, 2.45) is 10.9 Å². The van der Waals surface area contributed by atoms with E-state index in [1.54, 1.807) is 14.0 Å². The molecule has 1 aliphatic rings. The Morgan fingerprint density at radius 3 is 2.61 bits per heavy atom. The average molecular weight is 504 g/mol. The summed E-state index contributed by atoms with van der Waals surface area (Å²) in [6.45, 7) is 7.46. The second kappa shape index (κ2) is 12.7. The molecule has 0 saturated heterocycles. The third-order valence-electron chi connectivity index (χ3n) is 4.37. The SMILES string of the molecule is CCOC(=O)NC(CNC(=NC)NCC(C)Oc1cccc(C)c1)C1CC1.I. The molecule has 158 valence electrons. The van der Waals surface area contributed by atoms with Gasteiger partial charge in [0.15, 0.2) is 5.96 Å². The van der Waals surface area contributed by atoms with Crippen LogP contribution in [0.25, 0.3) is 0 Å². The zero-order valence-corrected chi connectivity index (χ0v) is 19.5. The number of aliphatic imine (C=N–C) groups is 1. The first-order valence-corrected chi connectivity index (χ1v) is 9.63. The maximum absolute atomic E-state index is 11.7. The van der Waals surface area contributed by atoms with E-state index >= 15 is 0 Å². The van der Waals surface area contributed by atoms with E-state index in [2.05, 4.69) is 20.9 Å². The van der Waals surface area contributed by atoms with E-state index < -0.39 is 0 Å². The molecule has 1 amide bonds. The summed E-state index contributed by atoms with van der Waals surface area (Å²) in [5.41, 5.74) is 1.17. The molecule has 0 heterocycles. The summed E-state index contributed by atoms with van der Waals surface area (Å²) in [6, 6.07) is 8.05. The van der Waals surface area contributed by atoms with Crippen LogP contribution in [0.5, 0.6) is 5.75 Å². The fraction of sp³-hybridized carbons (Fsp3) is 0.600. The van der Waals surface area contributed by atoms with Gasteiger partial charge in [-0.05, 0) is 57.2 Å². The highest BCUT2D eigenvalue weighted by Crippen LogP contribution is 2.32. The third-order valence-corrected chi connectivity index (χ3v) is 4.37. The van der Waals surface area contributed by atoms with E-state index in [4.69, 9.17) is 9.47 Å². The maximum atomic E-state index is 11.7. The molecular weight excluding hydrogens is 471 g/mol. The molecule has 28 heavy (non-hydrogen) atoms. The lowest BCUT2D eigenvalue weighted by Crippen LogP contribution is -2.49. The Bertz CT molecular complexity index is 638. The Hall–Kier alpha value is -1.71. The van der Waals surface area contributed by atoms with Crippen LogP contribution in [0.2, 0.25) is 0 Å². The number of rotatable bonds is 9. The van der Waals surface area contributed by atoms with Crippen LogP contribution in [0, 0.1) is 12.8 Å². The van der Waals surface area contributed by atoms with Crippen molar-refractivity contribution in [1.82, 2.24) is 16.0 Å². The minimum atomic E-state index is -0.362. The van der Waals surface area contributed by atoms with Crippen LogP contribution in [-0.2, 0) is 4.74 Å². The van der Waals surface area contributed by atoms with E-state index in [9.17, 15) is 4.79 Å². The lowest BCUT2D eigenvalue weighted by Gasteiger charge is -2.21. The molecular formula is C20H33IN4O3. The second-order valence-corrected chi connectivity index (χ2v) is 6.89. The number of hydrogen-bond acceptors (Lipinski definition) is 4. The van der Waals surface area contributed by atoms with E-state index in [1.165, 1.54) is 5.56 Å². The molecule has 1 aliphatic carbocycles. The lowest BCUT2D eigenvalue weighted by atomic mass is 10.2. The molecule has 1 aromatic rings. The van der Waals surface area contributed by atoms with Crippen molar-refractivity contribution in [2.75, 3.05) is 26.7 Å². The van der Waals surface area contributed by atoms with Gasteiger partial charge in [0.05, 0.1) is 19.2 Å². The van der Waals surface area contributed by atoms with Crippen molar-refractivity contribution >= 4 is 36.0 Å². The quantitative estimate of drug-likeness (QED) is 0.274. The molecule has 2 unspecified atom stereocenters. The Balaban J connectivity index is 0.00000392. The molecule has 1 saturated carbocycles. The van der Waals surface area contributed by atoms with Gasteiger partial charge in [0.25, 0.3) is 0 Å². The average Bonchev–Trinajstić information content (AvgIpc) is 3.46. The highest BCUT2D eigenvalue weighted by atomic mass is 127. The number of halogens is 1. The summed E-state index contributed by atoms with van der Waals surface area (Å²) in [4.78, 5) is 15.9. The van der Waals surface area contributed by atoms with Gasteiger partial charge >= 0.3 is 6.09 Å². The third kappa shape index (κ3) is 8.99. The van der Waals surface area contributed by atoms with Gasteiger partial charge in [0.2, 0.25) is 0 Å². The van der Waals surface area contributed by atoms with E-state index in [-0.39, 0.29) is 42.2 Å². The molecule has 0 radical (unpaired) electrons. The molecule has 2 rings (SSSR count). The van der Waals surface area contributed by atoms with Crippen molar-refractivity contribution in [3.63, 3.8) is 0 Å². The van der Waals surface area contributed by atoms with Crippen LogP contribution < -0.4 is 20.7 Å². The standard InChI is InChI=1S/C20H32N4O3.HI/c1-5-26-20(25)24-18(16-9-10-16)13-23-19(21-4)22-12-15(3)27-17-8-6-7-14(2)11-17;/h6-8,11,15-16,18H,5,9-10,12-13H2,1-4H3,(H,24,25)(H2,21,22,23);1H. The maximum Gasteiger partial charge on any atom is 0.407 e. The molecule has 0 aromatic heterocycles. The van der Waals surface area contributed by atoms with Crippen molar-refractivity contribution in [1.29, 1.82) is 0 Å². The van der Waals surface area contributed by atoms with E-state index in [0.29, 0.717) is 31.6 Å². The Morgan fingerprint density at radius 1 is 1.29 bits per heavy atom. The van der Waals surface area contributed by atoms with Crippen LogP contribution >= 0.6 is 24.0 Å². The minimum absolute atomic E-state index is 0. The highest BCUT2D eigenvalue weighted by Gasteiger charge is 2.32. The zero-order valence-electron chi connectivity index (χ0n) is 17.2. The summed E-state index contributed by atoms with van der Waals surface area (Å²) in [5, 5.41) is 9.48. The summed E-state index contributed by atoms with van der Waals surface area (Å²) in [7, 11) is 1.73. The van der Waals surface area contributed by atoms with Crippen LogP contribution in [0.4, 0.5) is 4.79 Å².